The summed E-state index contributed by atoms with van der Waals surface area (Å²) in [6.07, 6.45) is 2.42. The molecule has 24 heavy (non-hydrogen) atoms. The molecule has 1 atom stereocenters. The number of benzene rings is 3. The highest BCUT2D eigenvalue weighted by molar-refractivity contribution is 7.32. The largest absolute Gasteiger partial charge is 0.694 e. The van der Waals surface area contributed by atoms with Gasteiger partial charge in [0.1, 0.15) is 0 Å². The minimum absolute atomic E-state index is 1.04. The van der Waals surface area contributed by atoms with Crippen LogP contribution in [0.25, 0.3) is 21.5 Å². The Labute approximate surface area is 143 Å². The normalized spacial score (nSPS) is 11.0. The number of rotatable bonds is 5. The Morgan fingerprint density at radius 3 is 2.00 bits per heavy atom. The number of unbranched alkanes of at least 4 members (excludes halogenated alkanes) is 1. The van der Waals surface area contributed by atoms with Gasteiger partial charge in [0.05, 0.1) is 7.11 Å². The maximum absolute atomic E-state index is 9.29. The number of hydrogen-bond acceptors (Lipinski definition) is 3. The van der Waals surface area contributed by atoms with Crippen LogP contribution in [0.4, 0.5) is 5.69 Å². The van der Waals surface area contributed by atoms with Gasteiger partial charge in [-0.05, 0) is 23.3 Å². The van der Waals surface area contributed by atoms with E-state index in [4.69, 9.17) is 4.89 Å². The molecule has 126 valence electrons. The van der Waals surface area contributed by atoms with E-state index in [1.165, 1.54) is 47.2 Å². The molecule has 0 aromatic heterocycles. The van der Waals surface area contributed by atoms with E-state index in [9.17, 15) is 4.57 Å². The fourth-order valence-electron chi connectivity index (χ4n) is 2.59. The Bertz CT molecular complexity index is 766. The van der Waals surface area contributed by atoms with E-state index in [2.05, 4.69) is 71.4 Å². The molecule has 4 nitrogen and oxygen atoms in total. The molecule has 3 aromatic carbocycles. The third kappa shape index (κ3) is 4.75. The van der Waals surface area contributed by atoms with Gasteiger partial charge in [0.25, 0.3) is 0 Å². The van der Waals surface area contributed by atoms with Crippen molar-refractivity contribution in [2.75, 3.05) is 19.0 Å². The summed E-state index contributed by atoms with van der Waals surface area (Å²) in [6, 6.07) is 19.5. The van der Waals surface area contributed by atoms with Gasteiger partial charge in [0.2, 0.25) is 0 Å². The van der Waals surface area contributed by atoms with Crippen LogP contribution in [0.1, 0.15) is 19.8 Å². The van der Waals surface area contributed by atoms with Gasteiger partial charge in [0, 0.05) is 27.6 Å². The summed E-state index contributed by atoms with van der Waals surface area (Å²) >= 11 is 0. The molecule has 0 radical (unpaired) electrons. The Morgan fingerprint density at radius 2 is 1.54 bits per heavy atom. The molecule has 0 aliphatic heterocycles. The first-order valence-electron chi connectivity index (χ1n) is 8.02. The number of nitrogens with one attached hydrogen (secondary N) is 1. The Balaban J connectivity index is 0.000000368. The van der Waals surface area contributed by atoms with Gasteiger partial charge in [-0.15, -0.1) is 9.42 Å². The second-order valence-electron chi connectivity index (χ2n) is 5.39. The molecule has 0 fully saturated rings. The van der Waals surface area contributed by atoms with Crippen molar-refractivity contribution in [2.24, 2.45) is 0 Å². The second-order valence-corrected chi connectivity index (χ2v) is 6.24. The van der Waals surface area contributed by atoms with Gasteiger partial charge in [-0.25, -0.2) is 0 Å². The average molecular weight is 344 g/mol. The first-order chi connectivity index (χ1) is 11.7. The van der Waals surface area contributed by atoms with Crippen LogP contribution in [-0.2, 0) is 9.09 Å². The van der Waals surface area contributed by atoms with Gasteiger partial charge in [-0.3, -0.25) is 0 Å². The SMILES string of the molecule is CCCCNc1c2ccccc2cc2ccccc12.CO[P+](=O)O. The van der Waals surface area contributed by atoms with Gasteiger partial charge >= 0.3 is 8.25 Å². The summed E-state index contributed by atoms with van der Waals surface area (Å²) in [5, 5.41) is 8.88. The lowest BCUT2D eigenvalue weighted by molar-refractivity contribution is 0.343. The molecule has 3 aromatic rings. The zero-order valence-electron chi connectivity index (χ0n) is 14.0. The first kappa shape index (κ1) is 18.3. The molecule has 5 heteroatoms. The zero-order valence-corrected chi connectivity index (χ0v) is 14.9. The van der Waals surface area contributed by atoms with Crippen LogP contribution in [-0.4, -0.2) is 18.5 Å². The fraction of sp³-hybridized carbons (Fsp3) is 0.263. The summed E-state index contributed by atoms with van der Waals surface area (Å²) in [6.45, 7) is 3.26. The lowest BCUT2D eigenvalue weighted by atomic mass is 10.0. The van der Waals surface area contributed by atoms with Crippen LogP contribution in [0.15, 0.2) is 54.6 Å². The molecule has 3 rings (SSSR count). The van der Waals surface area contributed by atoms with Crippen LogP contribution in [0.3, 0.4) is 0 Å². The molecule has 0 aliphatic rings. The van der Waals surface area contributed by atoms with E-state index in [0.29, 0.717) is 0 Å². The lowest BCUT2D eigenvalue weighted by Gasteiger charge is -2.13. The highest BCUT2D eigenvalue weighted by Gasteiger charge is 2.06. The van der Waals surface area contributed by atoms with Crippen LogP contribution in [0, 0.1) is 0 Å². The highest BCUT2D eigenvalue weighted by Crippen LogP contribution is 2.32. The zero-order chi connectivity index (χ0) is 17.4. The molecule has 2 N–H and O–H groups in total. The topological polar surface area (TPSA) is 58.6 Å². The summed E-state index contributed by atoms with van der Waals surface area (Å²) in [4.78, 5) is 7.65. The van der Waals surface area contributed by atoms with Crippen LogP contribution >= 0.6 is 8.25 Å². The number of hydrogen-bond donors (Lipinski definition) is 2. The summed E-state index contributed by atoms with van der Waals surface area (Å²) in [5.74, 6) is 0. The van der Waals surface area contributed by atoms with Gasteiger partial charge in [-0.2, -0.15) is 0 Å². The summed E-state index contributed by atoms with van der Waals surface area (Å²) in [7, 11) is -1.18. The molecule has 1 unspecified atom stereocenters. The van der Waals surface area contributed by atoms with Gasteiger partial charge < -0.3 is 5.32 Å². The van der Waals surface area contributed by atoms with Crippen molar-refractivity contribution in [2.45, 2.75) is 19.8 Å². The van der Waals surface area contributed by atoms with Crippen molar-refractivity contribution in [1.82, 2.24) is 0 Å². The van der Waals surface area contributed by atoms with Crippen molar-refractivity contribution >= 4 is 35.5 Å². The molecule has 0 heterocycles. The van der Waals surface area contributed by atoms with Gasteiger partial charge in [0.15, 0.2) is 0 Å². The van der Waals surface area contributed by atoms with E-state index in [0.717, 1.165) is 6.54 Å². The van der Waals surface area contributed by atoms with Crippen molar-refractivity contribution in [3.8, 4) is 0 Å². The Hall–Kier alpha value is -2.00. The fourth-order valence-corrected chi connectivity index (χ4v) is 2.59. The molecule has 0 aliphatic carbocycles. The van der Waals surface area contributed by atoms with Crippen LogP contribution in [0.2, 0.25) is 0 Å². The van der Waals surface area contributed by atoms with Crippen molar-refractivity contribution < 1.29 is 14.0 Å². The maximum Gasteiger partial charge on any atom is 0.694 e. The standard InChI is InChI=1S/C18H19N.CH3O3P/c1-2-3-12-19-18-16-10-6-4-8-14(16)13-15-9-5-7-11-17(15)18;1-4-5(2)3/h4-11,13,19H,2-3,12H2,1H3;1H3/p+1. The average Bonchev–Trinajstić information content (AvgIpc) is 2.61. The minimum Gasteiger partial charge on any atom is -0.384 e. The second kappa shape index (κ2) is 9.33. The van der Waals surface area contributed by atoms with E-state index in [1.807, 2.05) is 0 Å². The van der Waals surface area contributed by atoms with Crippen LogP contribution in [0.5, 0.6) is 0 Å². The molecular weight excluding hydrogens is 321 g/mol. The third-order valence-electron chi connectivity index (χ3n) is 3.76. The van der Waals surface area contributed by atoms with E-state index < -0.39 is 8.25 Å². The quantitative estimate of drug-likeness (QED) is 0.365. The molecule has 0 bridgehead atoms. The predicted octanol–water partition coefficient (Wildman–Crippen LogP) is 5.49. The van der Waals surface area contributed by atoms with E-state index >= 15 is 0 Å². The van der Waals surface area contributed by atoms with Crippen molar-refractivity contribution in [3.63, 3.8) is 0 Å². The smallest absolute Gasteiger partial charge is 0.384 e. The van der Waals surface area contributed by atoms with Crippen molar-refractivity contribution in [1.29, 1.82) is 0 Å². The molecular formula is C19H23NO3P+. The van der Waals surface area contributed by atoms with Gasteiger partial charge in [-0.1, -0.05) is 61.9 Å². The summed E-state index contributed by atoms with van der Waals surface area (Å²) in [5.41, 5.74) is 1.28. The van der Waals surface area contributed by atoms with E-state index in [1.54, 1.807) is 0 Å². The first-order valence-corrected chi connectivity index (χ1v) is 9.15. The highest BCUT2D eigenvalue weighted by atomic mass is 31.1. The van der Waals surface area contributed by atoms with E-state index in [-0.39, 0.29) is 0 Å². The predicted molar refractivity (Wildman–Crippen MR) is 102 cm³/mol. The third-order valence-corrected chi connectivity index (χ3v) is 4.07. The minimum atomic E-state index is -2.35. The molecule has 0 amide bonds. The lowest BCUT2D eigenvalue weighted by Crippen LogP contribution is -2.02. The number of fused-ring (bicyclic) bond motifs is 2. The molecule has 0 saturated heterocycles. The molecule has 0 saturated carbocycles. The Kier molecular flexibility index (Phi) is 7.13. The molecule has 0 spiro atoms. The Morgan fingerprint density at radius 1 is 1.04 bits per heavy atom. The van der Waals surface area contributed by atoms with Crippen molar-refractivity contribution in [3.05, 3.63) is 54.6 Å². The summed E-state index contributed by atoms with van der Waals surface area (Å²) < 4.78 is 13.1. The number of anilines is 1. The maximum atomic E-state index is 9.29. The monoisotopic (exact) mass is 344 g/mol. The van der Waals surface area contributed by atoms with Crippen LogP contribution < -0.4 is 5.32 Å².